The molecule has 0 atom stereocenters. The molecule has 0 aromatic rings. The minimum Gasteiger partial charge on any atom is -0.0885 e. The first-order valence-electron chi connectivity index (χ1n) is 7.08. The van der Waals surface area contributed by atoms with Gasteiger partial charge in [-0.3, -0.25) is 0 Å². The molecule has 0 saturated heterocycles. The standard InChI is InChI=1S/C17H28/c1-3-5-7-9-11-13-15-17-16-14-12-10-8-6-4-2/h1,3,5,11,13-14,16H,4,6-10,12,15,17H2,2H3. The van der Waals surface area contributed by atoms with E-state index in [2.05, 4.69) is 31.2 Å². The van der Waals surface area contributed by atoms with E-state index in [0.29, 0.717) is 0 Å². The molecule has 0 spiro atoms. The van der Waals surface area contributed by atoms with Crippen LogP contribution < -0.4 is 0 Å². The molecule has 17 heavy (non-hydrogen) atoms. The van der Waals surface area contributed by atoms with Gasteiger partial charge in [-0.05, 0) is 45.4 Å². The average Bonchev–Trinajstić information content (AvgIpc) is 2.35. The molecule has 0 unspecified atom stereocenters. The first kappa shape index (κ1) is 16.2. The Morgan fingerprint density at radius 2 is 1.18 bits per heavy atom. The van der Waals surface area contributed by atoms with Crippen molar-refractivity contribution in [3.8, 4) is 0 Å². The molecule has 0 saturated carbocycles. The molecule has 0 rings (SSSR count). The summed E-state index contributed by atoms with van der Waals surface area (Å²) in [6.45, 7) is 7.51. The van der Waals surface area contributed by atoms with Crippen LogP contribution in [0.25, 0.3) is 0 Å². The van der Waals surface area contributed by atoms with Gasteiger partial charge in [0.25, 0.3) is 0 Å². The molecule has 0 nitrogen and oxygen atoms in total. The Labute approximate surface area is 109 Å². The zero-order valence-corrected chi connectivity index (χ0v) is 11.4. The minimum absolute atomic E-state index is 1.06. The normalized spacial score (nSPS) is 12.4. The maximum absolute atomic E-state index is 5.25. The lowest BCUT2D eigenvalue weighted by Crippen LogP contribution is -1.74. The van der Waals surface area contributed by atoms with Crippen LogP contribution in [0.15, 0.2) is 36.5 Å². The molecule has 0 heteroatoms. The van der Waals surface area contributed by atoms with Crippen LogP contribution in [0, 0.1) is 6.92 Å². The predicted octanol–water partition coefficient (Wildman–Crippen LogP) is 5.90. The van der Waals surface area contributed by atoms with Crippen LogP contribution in [0.3, 0.4) is 0 Å². The van der Waals surface area contributed by atoms with Crippen LogP contribution in [0.1, 0.15) is 64.7 Å². The SMILES string of the molecule is [CH]C=CCCC=CCCC=CCCCCCC. The van der Waals surface area contributed by atoms with Crippen molar-refractivity contribution in [1.82, 2.24) is 0 Å². The first-order chi connectivity index (χ1) is 8.41. The second kappa shape index (κ2) is 15.2. The van der Waals surface area contributed by atoms with Crippen LogP contribution >= 0.6 is 0 Å². The van der Waals surface area contributed by atoms with E-state index in [-0.39, 0.29) is 0 Å². The fourth-order valence-corrected chi connectivity index (χ4v) is 1.64. The van der Waals surface area contributed by atoms with E-state index >= 15 is 0 Å². The maximum Gasteiger partial charge on any atom is -0.00958 e. The maximum atomic E-state index is 5.25. The highest BCUT2D eigenvalue weighted by Gasteiger charge is 1.84. The largest absolute Gasteiger partial charge is 0.0885 e. The minimum atomic E-state index is 1.06. The van der Waals surface area contributed by atoms with Crippen LogP contribution in [0.4, 0.5) is 0 Å². The van der Waals surface area contributed by atoms with Crippen LogP contribution in [-0.4, -0.2) is 0 Å². The molecular weight excluding hydrogens is 204 g/mol. The van der Waals surface area contributed by atoms with E-state index in [1.807, 2.05) is 6.08 Å². The summed E-state index contributed by atoms with van der Waals surface area (Å²) in [5.41, 5.74) is 0. The smallest absolute Gasteiger partial charge is 0.00958 e. The van der Waals surface area contributed by atoms with Gasteiger partial charge in [0.1, 0.15) is 0 Å². The molecule has 0 heterocycles. The first-order valence-corrected chi connectivity index (χ1v) is 7.08. The Morgan fingerprint density at radius 3 is 1.71 bits per heavy atom. The molecule has 0 amide bonds. The van der Waals surface area contributed by atoms with Crippen molar-refractivity contribution in [2.75, 3.05) is 0 Å². The van der Waals surface area contributed by atoms with Crippen molar-refractivity contribution in [1.29, 1.82) is 0 Å². The quantitative estimate of drug-likeness (QED) is 0.307. The average molecular weight is 232 g/mol. The highest BCUT2D eigenvalue weighted by Crippen LogP contribution is 2.04. The summed E-state index contributed by atoms with van der Waals surface area (Å²) in [5.74, 6) is 0. The van der Waals surface area contributed by atoms with Crippen LogP contribution in [0.2, 0.25) is 0 Å². The van der Waals surface area contributed by atoms with Gasteiger partial charge in [-0.25, -0.2) is 0 Å². The number of rotatable bonds is 11. The van der Waals surface area contributed by atoms with Gasteiger partial charge in [-0.1, -0.05) is 62.6 Å². The van der Waals surface area contributed by atoms with Crippen molar-refractivity contribution in [2.24, 2.45) is 0 Å². The Balaban J connectivity index is 3.18. The molecule has 0 aromatic carbocycles. The van der Waals surface area contributed by atoms with Gasteiger partial charge in [0.15, 0.2) is 0 Å². The molecule has 0 aromatic heterocycles. The van der Waals surface area contributed by atoms with Gasteiger partial charge in [0.2, 0.25) is 0 Å². The molecule has 0 fully saturated rings. The molecule has 96 valence electrons. The van der Waals surface area contributed by atoms with Crippen molar-refractivity contribution in [3.05, 3.63) is 43.4 Å². The summed E-state index contributed by atoms with van der Waals surface area (Å²) in [5, 5.41) is 0. The molecule has 0 bridgehead atoms. The lowest BCUT2D eigenvalue weighted by atomic mass is 10.1. The second-order valence-corrected chi connectivity index (χ2v) is 4.37. The molecule has 0 aliphatic heterocycles. The molecular formula is C17H28. The number of hydrogen-bond acceptors (Lipinski definition) is 0. The van der Waals surface area contributed by atoms with Crippen molar-refractivity contribution < 1.29 is 0 Å². The van der Waals surface area contributed by atoms with Gasteiger partial charge in [0, 0.05) is 0 Å². The van der Waals surface area contributed by atoms with Gasteiger partial charge in [0.05, 0.1) is 0 Å². The highest BCUT2D eigenvalue weighted by atomic mass is 13.9. The van der Waals surface area contributed by atoms with Crippen LogP contribution in [-0.2, 0) is 0 Å². The fourth-order valence-electron chi connectivity index (χ4n) is 1.64. The molecule has 0 aliphatic carbocycles. The van der Waals surface area contributed by atoms with E-state index in [4.69, 9.17) is 6.92 Å². The van der Waals surface area contributed by atoms with Crippen molar-refractivity contribution in [2.45, 2.75) is 64.7 Å². The highest BCUT2D eigenvalue weighted by molar-refractivity contribution is 4.91. The number of unbranched alkanes of at least 4 members (excludes halogenated alkanes) is 6. The summed E-state index contributed by atoms with van der Waals surface area (Å²) < 4.78 is 0. The van der Waals surface area contributed by atoms with Gasteiger partial charge in [-0.2, -0.15) is 0 Å². The predicted molar refractivity (Wildman–Crippen MR) is 78.9 cm³/mol. The summed E-state index contributed by atoms with van der Waals surface area (Å²) in [6.07, 6.45) is 24.0. The topological polar surface area (TPSA) is 0 Å². The number of hydrogen-bond donors (Lipinski definition) is 0. The Hall–Kier alpha value is -0.780. The molecule has 2 radical (unpaired) electrons. The van der Waals surface area contributed by atoms with E-state index in [1.165, 1.54) is 38.5 Å². The Bertz CT molecular complexity index is 208. The van der Waals surface area contributed by atoms with Gasteiger partial charge < -0.3 is 0 Å². The van der Waals surface area contributed by atoms with E-state index in [0.717, 1.165) is 19.3 Å². The fraction of sp³-hybridized carbons (Fsp3) is 0.588. The Kier molecular flexibility index (Phi) is 14.5. The van der Waals surface area contributed by atoms with Gasteiger partial charge in [-0.15, -0.1) is 0 Å². The number of allylic oxidation sites excluding steroid dienone is 6. The zero-order valence-electron chi connectivity index (χ0n) is 11.4. The Morgan fingerprint density at radius 1 is 0.647 bits per heavy atom. The zero-order chi connectivity index (χ0) is 12.6. The van der Waals surface area contributed by atoms with E-state index in [1.54, 1.807) is 6.08 Å². The second-order valence-electron chi connectivity index (χ2n) is 4.37. The monoisotopic (exact) mass is 232 g/mol. The van der Waals surface area contributed by atoms with E-state index in [9.17, 15) is 0 Å². The van der Waals surface area contributed by atoms with Crippen molar-refractivity contribution >= 4 is 0 Å². The molecule has 0 N–H and O–H groups in total. The third-order valence-corrected chi connectivity index (χ3v) is 2.69. The lowest BCUT2D eigenvalue weighted by molar-refractivity contribution is 0.674. The molecule has 0 aliphatic rings. The summed E-state index contributed by atoms with van der Waals surface area (Å²) in [6, 6.07) is 0. The summed E-state index contributed by atoms with van der Waals surface area (Å²) >= 11 is 0. The van der Waals surface area contributed by atoms with E-state index < -0.39 is 0 Å². The third kappa shape index (κ3) is 15.2. The summed E-state index contributed by atoms with van der Waals surface area (Å²) in [4.78, 5) is 0. The lowest BCUT2D eigenvalue weighted by Gasteiger charge is -1.94. The van der Waals surface area contributed by atoms with Gasteiger partial charge >= 0.3 is 0 Å². The summed E-state index contributed by atoms with van der Waals surface area (Å²) in [7, 11) is 0. The van der Waals surface area contributed by atoms with Crippen molar-refractivity contribution in [3.63, 3.8) is 0 Å². The van der Waals surface area contributed by atoms with Crippen LogP contribution in [0.5, 0.6) is 0 Å². The third-order valence-electron chi connectivity index (χ3n) is 2.69.